The summed E-state index contributed by atoms with van der Waals surface area (Å²) in [6.45, 7) is 2.58. The molecular weight excluding hydrogens is 460 g/mol. The maximum atomic E-state index is 13.3. The number of morpholine rings is 1. The molecule has 0 bridgehead atoms. The van der Waals surface area contributed by atoms with Crippen molar-refractivity contribution in [3.63, 3.8) is 0 Å². The third-order valence-corrected chi connectivity index (χ3v) is 7.28. The van der Waals surface area contributed by atoms with Gasteiger partial charge in [-0.3, -0.25) is 9.00 Å². The number of rotatable bonds is 5. The number of carbonyl (C=O) groups is 1. The number of hydrogen-bond donors (Lipinski definition) is 1. The van der Waals surface area contributed by atoms with Crippen LogP contribution in [0.15, 0.2) is 47.6 Å². The van der Waals surface area contributed by atoms with Crippen molar-refractivity contribution in [2.24, 2.45) is 0 Å². The van der Waals surface area contributed by atoms with E-state index in [1.165, 1.54) is 11.3 Å². The van der Waals surface area contributed by atoms with Gasteiger partial charge in [-0.1, -0.05) is 12.1 Å². The number of ether oxygens (including phenoxy) is 1. The number of carbonyl (C=O) groups excluding carboxylic acids is 1. The standard InChI is InChI=1S/C22H20N6O3S2/c1-33(30)15-4-2-3-13(9-15)18(29)17-10-16-19(32-17)21(28-5-7-31-8-6-28)27-20(26-16)14-11-24-22(23)25-12-14/h2-4,9-12H,5-8H2,1H3,(H2,23,24,25). The molecule has 1 aliphatic rings. The zero-order valence-electron chi connectivity index (χ0n) is 17.7. The van der Waals surface area contributed by atoms with E-state index in [9.17, 15) is 9.00 Å². The first-order chi connectivity index (χ1) is 16.0. The summed E-state index contributed by atoms with van der Waals surface area (Å²) in [5.41, 5.74) is 7.42. The molecule has 0 spiro atoms. The Labute approximate surface area is 196 Å². The second kappa shape index (κ2) is 8.93. The summed E-state index contributed by atoms with van der Waals surface area (Å²) in [5.74, 6) is 1.24. The van der Waals surface area contributed by atoms with Crippen molar-refractivity contribution in [1.29, 1.82) is 0 Å². The first-order valence-electron chi connectivity index (χ1n) is 10.2. The number of aromatic nitrogens is 4. The molecule has 1 fully saturated rings. The molecule has 4 aromatic rings. The highest BCUT2D eigenvalue weighted by Crippen LogP contribution is 2.35. The van der Waals surface area contributed by atoms with Crippen LogP contribution in [-0.2, 0) is 15.5 Å². The molecule has 0 aliphatic carbocycles. The number of hydrogen-bond acceptors (Lipinski definition) is 10. The highest BCUT2D eigenvalue weighted by Gasteiger charge is 2.22. The van der Waals surface area contributed by atoms with Gasteiger partial charge in [0.1, 0.15) is 0 Å². The minimum absolute atomic E-state index is 0.143. The maximum absolute atomic E-state index is 13.3. The van der Waals surface area contributed by atoms with Crippen molar-refractivity contribution in [2.75, 3.05) is 43.2 Å². The number of nitrogens with zero attached hydrogens (tertiary/aromatic N) is 5. The SMILES string of the molecule is CS(=O)c1cccc(C(=O)c2cc3nc(-c4cnc(N)nc4)nc(N4CCOCC4)c3s2)c1. The van der Waals surface area contributed by atoms with E-state index in [0.29, 0.717) is 58.5 Å². The molecule has 2 N–H and O–H groups in total. The molecule has 0 radical (unpaired) electrons. The number of nitrogen functional groups attached to an aromatic ring is 1. The summed E-state index contributed by atoms with van der Waals surface area (Å²) in [7, 11) is -1.17. The van der Waals surface area contributed by atoms with Crippen LogP contribution in [0, 0.1) is 0 Å². The zero-order valence-corrected chi connectivity index (χ0v) is 19.4. The van der Waals surface area contributed by atoms with Crippen molar-refractivity contribution < 1.29 is 13.7 Å². The summed E-state index contributed by atoms with van der Waals surface area (Å²) in [6.07, 6.45) is 4.76. The predicted molar refractivity (Wildman–Crippen MR) is 128 cm³/mol. The molecule has 3 aromatic heterocycles. The Morgan fingerprint density at radius 1 is 1.15 bits per heavy atom. The van der Waals surface area contributed by atoms with Crippen molar-refractivity contribution in [1.82, 2.24) is 19.9 Å². The van der Waals surface area contributed by atoms with Crippen LogP contribution in [0.3, 0.4) is 0 Å². The van der Waals surface area contributed by atoms with Crippen LogP contribution in [0.4, 0.5) is 11.8 Å². The third kappa shape index (κ3) is 4.34. The molecule has 1 saturated heterocycles. The molecule has 168 valence electrons. The summed E-state index contributed by atoms with van der Waals surface area (Å²) in [5, 5.41) is 0. The first-order valence-corrected chi connectivity index (χ1v) is 12.6. The molecular formula is C22H20N6O3S2. The van der Waals surface area contributed by atoms with E-state index in [4.69, 9.17) is 20.4 Å². The van der Waals surface area contributed by atoms with Gasteiger partial charge < -0.3 is 15.4 Å². The van der Waals surface area contributed by atoms with Gasteiger partial charge in [-0.2, -0.15) is 0 Å². The number of benzene rings is 1. The van der Waals surface area contributed by atoms with E-state index in [-0.39, 0.29) is 11.7 Å². The summed E-state index contributed by atoms with van der Waals surface area (Å²) in [6, 6.07) is 8.69. The molecule has 4 heterocycles. The molecule has 33 heavy (non-hydrogen) atoms. The average molecular weight is 481 g/mol. The molecule has 0 saturated carbocycles. The molecule has 11 heteroatoms. The van der Waals surface area contributed by atoms with E-state index in [1.54, 1.807) is 49.0 Å². The van der Waals surface area contributed by atoms with E-state index in [1.807, 2.05) is 0 Å². The molecule has 0 amide bonds. The van der Waals surface area contributed by atoms with Gasteiger partial charge in [-0.25, -0.2) is 19.9 Å². The van der Waals surface area contributed by atoms with Crippen molar-refractivity contribution >= 4 is 49.9 Å². The molecule has 1 unspecified atom stereocenters. The highest BCUT2D eigenvalue weighted by atomic mass is 32.2. The fourth-order valence-corrected chi connectivity index (χ4v) is 5.20. The predicted octanol–water partition coefficient (Wildman–Crippen LogP) is 2.54. The Bertz CT molecular complexity index is 1370. The average Bonchev–Trinajstić information content (AvgIpc) is 3.28. The highest BCUT2D eigenvalue weighted by molar-refractivity contribution is 7.84. The minimum Gasteiger partial charge on any atom is -0.378 e. The van der Waals surface area contributed by atoms with Gasteiger partial charge >= 0.3 is 0 Å². The molecule has 1 aromatic carbocycles. The monoisotopic (exact) mass is 480 g/mol. The van der Waals surface area contributed by atoms with Gasteiger partial charge in [0.05, 0.1) is 33.9 Å². The molecule has 1 aliphatic heterocycles. The number of ketones is 1. The van der Waals surface area contributed by atoms with Crippen LogP contribution in [0.5, 0.6) is 0 Å². The number of anilines is 2. The van der Waals surface area contributed by atoms with E-state index < -0.39 is 10.8 Å². The van der Waals surface area contributed by atoms with Crippen LogP contribution < -0.4 is 10.6 Å². The van der Waals surface area contributed by atoms with Gasteiger partial charge in [-0.15, -0.1) is 11.3 Å². The van der Waals surface area contributed by atoms with Gasteiger partial charge in [-0.05, 0) is 18.2 Å². The third-order valence-electron chi connectivity index (χ3n) is 5.25. The minimum atomic E-state index is -1.17. The van der Waals surface area contributed by atoms with E-state index in [2.05, 4.69) is 14.9 Å². The van der Waals surface area contributed by atoms with Crippen LogP contribution in [0.1, 0.15) is 15.2 Å². The number of fused-ring (bicyclic) bond motifs is 1. The van der Waals surface area contributed by atoms with Gasteiger partial charge in [0, 0.05) is 53.0 Å². The Morgan fingerprint density at radius 3 is 2.64 bits per heavy atom. The Balaban J connectivity index is 1.62. The molecule has 1 atom stereocenters. The maximum Gasteiger partial charge on any atom is 0.219 e. The lowest BCUT2D eigenvalue weighted by molar-refractivity contribution is 0.104. The Hall–Kier alpha value is -3.28. The van der Waals surface area contributed by atoms with Crippen molar-refractivity contribution in [3.05, 3.63) is 53.2 Å². The number of thiophene rings is 1. The summed E-state index contributed by atoms with van der Waals surface area (Å²) >= 11 is 1.36. The first kappa shape index (κ1) is 21.6. The largest absolute Gasteiger partial charge is 0.378 e. The van der Waals surface area contributed by atoms with Gasteiger partial charge in [0.15, 0.2) is 11.6 Å². The second-order valence-electron chi connectivity index (χ2n) is 7.44. The fraction of sp³-hybridized carbons (Fsp3) is 0.227. The second-order valence-corrected chi connectivity index (χ2v) is 9.87. The Morgan fingerprint density at radius 2 is 1.91 bits per heavy atom. The van der Waals surface area contributed by atoms with Crippen LogP contribution in [0.25, 0.3) is 21.6 Å². The van der Waals surface area contributed by atoms with E-state index in [0.717, 1.165) is 10.5 Å². The number of nitrogens with two attached hydrogens (primary N) is 1. The topological polar surface area (TPSA) is 124 Å². The smallest absolute Gasteiger partial charge is 0.219 e. The van der Waals surface area contributed by atoms with Gasteiger partial charge in [0.25, 0.3) is 0 Å². The van der Waals surface area contributed by atoms with Crippen LogP contribution in [0.2, 0.25) is 0 Å². The lowest BCUT2D eigenvalue weighted by Crippen LogP contribution is -2.36. The molecule has 9 nitrogen and oxygen atoms in total. The Kier molecular flexibility index (Phi) is 5.83. The molecule has 5 rings (SSSR count). The van der Waals surface area contributed by atoms with Crippen LogP contribution >= 0.6 is 11.3 Å². The lowest BCUT2D eigenvalue weighted by Gasteiger charge is -2.28. The van der Waals surface area contributed by atoms with E-state index >= 15 is 0 Å². The van der Waals surface area contributed by atoms with Crippen LogP contribution in [-0.4, -0.2) is 62.5 Å². The van der Waals surface area contributed by atoms with Gasteiger partial charge in [0.2, 0.25) is 11.7 Å². The lowest BCUT2D eigenvalue weighted by atomic mass is 10.1. The van der Waals surface area contributed by atoms with Crippen molar-refractivity contribution in [2.45, 2.75) is 4.90 Å². The normalized spacial score (nSPS) is 15.0. The quantitative estimate of drug-likeness (QED) is 0.429. The summed E-state index contributed by atoms with van der Waals surface area (Å²) in [4.78, 5) is 34.2. The van der Waals surface area contributed by atoms with Crippen molar-refractivity contribution in [3.8, 4) is 11.4 Å². The fourth-order valence-electron chi connectivity index (χ4n) is 3.56. The zero-order chi connectivity index (χ0) is 22.9. The summed E-state index contributed by atoms with van der Waals surface area (Å²) < 4.78 is 18.2.